The molecule has 10 heteroatoms. The Hall–Kier alpha value is -1.98. The molecule has 1 N–H and O–H groups in total. The van der Waals surface area contributed by atoms with E-state index >= 15 is 0 Å². The summed E-state index contributed by atoms with van der Waals surface area (Å²) in [6, 6.07) is 8.81. The number of methoxy groups -OCH3 is 1. The van der Waals surface area contributed by atoms with Gasteiger partial charge in [0.15, 0.2) is 0 Å². The maximum absolute atomic E-state index is 13.7. The van der Waals surface area contributed by atoms with Gasteiger partial charge in [0.25, 0.3) is 0 Å². The number of fused-ring (bicyclic) bond motifs is 1. The Morgan fingerprint density at radius 2 is 1.74 bits per heavy atom. The van der Waals surface area contributed by atoms with E-state index < -0.39 is 10.0 Å². The fourth-order valence-electron chi connectivity index (χ4n) is 5.75. The Morgan fingerprint density at radius 1 is 1.00 bits per heavy atom. The Kier molecular flexibility index (Phi) is 11.6. The number of hydrogen-bond acceptors (Lipinski definition) is 7. The molecule has 2 aliphatic rings. The van der Waals surface area contributed by atoms with Crippen LogP contribution in [0.3, 0.4) is 0 Å². The van der Waals surface area contributed by atoms with Gasteiger partial charge in [-0.1, -0.05) is 32.1 Å². The second kappa shape index (κ2) is 15.1. The largest absolute Gasteiger partial charge is 0.494 e. The van der Waals surface area contributed by atoms with Crippen LogP contribution >= 0.6 is 0 Å². The summed E-state index contributed by atoms with van der Waals surface area (Å²) >= 11 is 0. The molecule has 1 aromatic carbocycles. The van der Waals surface area contributed by atoms with E-state index in [9.17, 15) is 13.2 Å². The fraction of sp³-hybridized carbons (Fsp3) is 0.690. The highest BCUT2D eigenvalue weighted by atomic mass is 32.2. The summed E-state index contributed by atoms with van der Waals surface area (Å²) in [5.41, 5.74) is 0.606. The van der Waals surface area contributed by atoms with E-state index in [1.807, 2.05) is 16.4 Å². The molecule has 4 rings (SSSR count). The number of piperidine rings is 1. The van der Waals surface area contributed by atoms with Crippen LogP contribution in [0.25, 0.3) is 10.9 Å². The van der Waals surface area contributed by atoms with Gasteiger partial charge in [0, 0.05) is 56.3 Å². The van der Waals surface area contributed by atoms with Crippen LogP contribution in [0, 0.1) is 0 Å². The van der Waals surface area contributed by atoms with Crippen molar-refractivity contribution < 1.29 is 22.6 Å². The first-order valence-electron chi connectivity index (χ1n) is 14.5. The molecule has 1 aliphatic heterocycles. The average Bonchev–Trinajstić information content (AvgIpc) is 2.91. The molecule has 0 radical (unpaired) electrons. The molecule has 1 aromatic heterocycles. The number of sulfonamides is 1. The van der Waals surface area contributed by atoms with Gasteiger partial charge in [0.2, 0.25) is 15.6 Å². The monoisotopic (exact) mass is 563 g/mol. The summed E-state index contributed by atoms with van der Waals surface area (Å²) in [6.45, 7) is 3.77. The van der Waals surface area contributed by atoms with Crippen LogP contribution in [0.2, 0.25) is 0 Å². The molecule has 1 aliphatic carbocycles. The van der Waals surface area contributed by atoms with E-state index in [1.165, 1.54) is 25.3 Å². The smallest absolute Gasteiger partial charge is 0.248 e. The van der Waals surface area contributed by atoms with Crippen molar-refractivity contribution in [2.75, 3.05) is 52.4 Å². The molecule has 0 spiro atoms. The number of hydrogen-bond donors (Lipinski definition) is 1. The predicted octanol–water partition coefficient (Wildman–Crippen LogP) is 4.13. The van der Waals surface area contributed by atoms with Crippen LogP contribution in [0.5, 0.6) is 5.75 Å². The third kappa shape index (κ3) is 9.28. The number of likely N-dealkylation sites (tertiary alicyclic amines) is 1. The first-order valence-corrected chi connectivity index (χ1v) is 16.1. The van der Waals surface area contributed by atoms with Crippen LogP contribution < -0.4 is 10.3 Å². The van der Waals surface area contributed by atoms with E-state index in [4.69, 9.17) is 14.2 Å². The van der Waals surface area contributed by atoms with Crippen LogP contribution in [-0.4, -0.2) is 87.2 Å². The molecule has 9 nitrogen and oxygen atoms in total. The van der Waals surface area contributed by atoms with Crippen LogP contribution in [-0.2, 0) is 19.5 Å². The van der Waals surface area contributed by atoms with Crippen molar-refractivity contribution in [3.05, 3.63) is 40.7 Å². The second-order valence-corrected chi connectivity index (χ2v) is 12.9. The van der Waals surface area contributed by atoms with Crippen molar-refractivity contribution in [3.63, 3.8) is 0 Å². The molecule has 39 heavy (non-hydrogen) atoms. The SMILES string of the molecule is COCOC1CCN(CCN(C2CCCCCCC2)S(=O)(=O)CCCOc2ccc3[nH]c(=O)ccc3c2)CC1. The first kappa shape index (κ1) is 30.0. The van der Waals surface area contributed by atoms with Crippen molar-refractivity contribution in [2.45, 2.75) is 76.4 Å². The summed E-state index contributed by atoms with van der Waals surface area (Å²) in [4.78, 5) is 16.7. The number of pyridine rings is 1. The Bertz CT molecular complexity index is 1170. The number of H-pyrrole nitrogens is 1. The van der Waals surface area contributed by atoms with Gasteiger partial charge in [-0.05, 0) is 56.4 Å². The zero-order valence-corrected chi connectivity index (χ0v) is 24.1. The minimum Gasteiger partial charge on any atom is -0.494 e. The second-order valence-electron chi connectivity index (χ2n) is 10.8. The van der Waals surface area contributed by atoms with Gasteiger partial charge < -0.3 is 24.1 Å². The Labute approximate surface area is 232 Å². The summed E-state index contributed by atoms with van der Waals surface area (Å²) in [6.07, 6.45) is 10.2. The van der Waals surface area contributed by atoms with Gasteiger partial charge in [-0.3, -0.25) is 4.79 Å². The number of nitrogens with one attached hydrogen (secondary N) is 1. The number of rotatable bonds is 13. The van der Waals surface area contributed by atoms with Crippen molar-refractivity contribution in [3.8, 4) is 5.75 Å². The molecule has 2 fully saturated rings. The molecular formula is C29H45N3O6S. The lowest BCUT2D eigenvalue weighted by Crippen LogP contribution is -2.47. The number of nitrogens with zero attached hydrogens (tertiary/aromatic N) is 2. The van der Waals surface area contributed by atoms with Crippen LogP contribution in [0.15, 0.2) is 35.1 Å². The highest BCUT2D eigenvalue weighted by Crippen LogP contribution is 2.25. The van der Waals surface area contributed by atoms with E-state index in [0.29, 0.717) is 32.1 Å². The molecule has 0 unspecified atom stereocenters. The van der Waals surface area contributed by atoms with Gasteiger partial charge in [-0.2, -0.15) is 4.31 Å². The average molecular weight is 564 g/mol. The standard InChI is InChI=1S/C29H45N3O6S/c1-36-23-38-26-14-16-31(17-15-26)18-19-32(25-8-5-3-2-4-6-9-25)39(34,35)21-7-20-37-27-11-12-28-24(22-27)10-13-29(33)30-28/h10-13,22,25-26H,2-9,14-21,23H2,1H3,(H,30,33). The quantitative estimate of drug-likeness (QED) is 0.289. The minimum absolute atomic E-state index is 0.0807. The van der Waals surface area contributed by atoms with Crippen LogP contribution in [0.4, 0.5) is 0 Å². The molecule has 1 saturated heterocycles. The molecule has 2 heterocycles. The van der Waals surface area contributed by atoms with Crippen molar-refractivity contribution in [1.29, 1.82) is 0 Å². The summed E-state index contributed by atoms with van der Waals surface area (Å²) in [7, 11) is -1.78. The highest BCUT2D eigenvalue weighted by Gasteiger charge is 2.31. The number of aromatic nitrogens is 1. The third-order valence-corrected chi connectivity index (χ3v) is 9.94. The number of aromatic amines is 1. The summed E-state index contributed by atoms with van der Waals surface area (Å²) in [5, 5.41) is 0.879. The number of ether oxygens (including phenoxy) is 3. The maximum Gasteiger partial charge on any atom is 0.248 e. The molecule has 2 aromatic rings. The molecule has 1 saturated carbocycles. The van der Waals surface area contributed by atoms with Gasteiger partial charge in [0.05, 0.1) is 18.5 Å². The molecule has 218 valence electrons. The normalized spacial score (nSPS) is 18.8. The maximum atomic E-state index is 13.7. The third-order valence-electron chi connectivity index (χ3n) is 7.94. The lowest BCUT2D eigenvalue weighted by Gasteiger charge is -2.36. The van der Waals surface area contributed by atoms with Gasteiger partial charge in [-0.15, -0.1) is 0 Å². The molecule has 0 bridgehead atoms. The van der Waals surface area contributed by atoms with E-state index in [-0.39, 0.29) is 23.5 Å². The van der Waals surface area contributed by atoms with E-state index in [1.54, 1.807) is 19.2 Å². The Morgan fingerprint density at radius 3 is 2.49 bits per heavy atom. The van der Waals surface area contributed by atoms with E-state index in [2.05, 4.69) is 9.88 Å². The minimum atomic E-state index is -3.42. The number of benzene rings is 1. The lowest BCUT2D eigenvalue weighted by molar-refractivity contribution is -0.0887. The first-order chi connectivity index (χ1) is 18.9. The zero-order chi connectivity index (χ0) is 27.5. The summed E-state index contributed by atoms with van der Waals surface area (Å²) in [5.74, 6) is 0.749. The van der Waals surface area contributed by atoms with Gasteiger partial charge >= 0.3 is 0 Å². The summed E-state index contributed by atoms with van der Waals surface area (Å²) < 4.78 is 45.8. The topological polar surface area (TPSA) is 101 Å². The van der Waals surface area contributed by atoms with Gasteiger partial charge in [-0.25, -0.2) is 8.42 Å². The molecule has 0 amide bonds. The van der Waals surface area contributed by atoms with E-state index in [0.717, 1.165) is 69.1 Å². The lowest BCUT2D eigenvalue weighted by atomic mass is 9.97. The zero-order valence-electron chi connectivity index (χ0n) is 23.3. The Balaban J connectivity index is 1.32. The van der Waals surface area contributed by atoms with Gasteiger partial charge in [0.1, 0.15) is 12.5 Å². The predicted molar refractivity (Wildman–Crippen MR) is 154 cm³/mol. The molecule has 0 atom stereocenters. The molecular weight excluding hydrogens is 518 g/mol. The van der Waals surface area contributed by atoms with Crippen molar-refractivity contribution in [2.24, 2.45) is 0 Å². The van der Waals surface area contributed by atoms with Crippen LogP contribution in [0.1, 0.15) is 64.2 Å². The fourth-order valence-corrected chi connectivity index (χ4v) is 7.49. The van der Waals surface area contributed by atoms with Crippen molar-refractivity contribution in [1.82, 2.24) is 14.2 Å². The van der Waals surface area contributed by atoms with Crippen molar-refractivity contribution >= 4 is 20.9 Å². The highest BCUT2D eigenvalue weighted by molar-refractivity contribution is 7.89.